The number of hydrogen-bond acceptors (Lipinski definition) is 9. The molecule has 0 aliphatic heterocycles. The Morgan fingerprint density at radius 3 is 2.70 bits per heavy atom. The molecule has 2 aromatic carbocycles. The SMILES string of the molecule is Cc1c(CCCOc2nonc2-c2noc(=O)n2-c2ccc(F)c(Cl)c2)c(=O)c1=O. The maximum atomic E-state index is 13.4. The predicted octanol–water partition coefficient (Wildman–Crippen LogP) is 1.58. The summed E-state index contributed by atoms with van der Waals surface area (Å²) in [6, 6.07) is 3.62. The van der Waals surface area contributed by atoms with Crippen LogP contribution in [0, 0.1) is 12.7 Å². The van der Waals surface area contributed by atoms with Gasteiger partial charge in [-0.2, -0.15) is 0 Å². The maximum Gasteiger partial charge on any atom is 0.446 e. The normalized spacial score (nSPS) is 11.3. The average Bonchev–Trinajstić information content (AvgIpc) is 3.35. The number of ether oxygens (including phenoxy) is 1. The van der Waals surface area contributed by atoms with E-state index in [0.29, 0.717) is 24.0 Å². The van der Waals surface area contributed by atoms with Crippen LogP contribution in [0.2, 0.25) is 5.02 Å². The lowest BCUT2D eigenvalue weighted by atomic mass is 9.98. The predicted molar refractivity (Wildman–Crippen MR) is 100 cm³/mol. The lowest BCUT2D eigenvalue weighted by Gasteiger charge is -2.07. The van der Waals surface area contributed by atoms with Crippen LogP contribution in [0.15, 0.2) is 41.7 Å². The van der Waals surface area contributed by atoms with E-state index < -0.39 is 22.4 Å². The molecular formula is C18H12ClFN4O6. The molecule has 10 nitrogen and oxygen atoms in total. The molecule has 0 N–H and O–H groups in total. The molecule has 0 amide bonds. The fourth-order valence-electron chi connectivity index (χ4n) is 2.93. The summed E-state index contributed by atoms with van der Waals surface area (Å²) in [5, 5.41) is 10.8. The summed E-state index contributed by atoms with van der Waals surface area (Å²) in [6.07, 6.45) is 0.803. The first-order valence-corrected chi connectivity index (χ1v) is 9.05. The molecule has 154 valence electrons. The van der Waals surface area contributed by atoms with E-state index in [1.165, 1.54) is 12.1 Å². The minimum atomic E-state index is -0.864. The summed E-state index contributed by atoms with van der Waals surface area (Å²) in [5.41, 5.74) is 0.187. The Kier molecular flexibility index (Phi) is 5.04. The van der Waals surface area contributed by atoms with Gasteiger partial charge < -0.3 is 4.74 Å². The standard InChI is InChI=1S/C18H12ClFN4O6/c1-8-10(15(26)14(8)25)3-2-6-28-17-13(21-30-23-17)16-22-29-18(27)24(16)9-4-5-12(20)11(19)7-9/h4-5,7H,2-3,6H2,1H3. The van der Waals surface area contributed by atoms with Crippen molar-refractivity contribution < 1.29 is 18.3 Å². The molecule has 12 heteroatoms. The van der Waals surface area contributed by atoms with Gasteiger partial charge in [-0.15, -0.1) is 0 Å². The van der Waals surface area contributed by atoms with Gasteiger partial charge in [0.05, 0.1) is 17.3 Å². The second kappa shape index (κ2) is 7.67. The van der Waals surface area contributed by atoms with Crippen LogP contribution < -0.4 is 21.4 Å². The first-order chi connectivity index (χ1) is 14.4. The van der Waals surface area contributed by atoms with Gasteiger partial charge >= 0.3 is 5.76 Å². The smallest absolute Gasteiger partial charge is 0.446 e. The van der Waals surface area contributed by atoms with Crippen molar-refractivity contribution in [3.63, 3.8) is 0 Å². The van der Waals surface area contributed by atoms with Gasteiger partial charge in [0.2, 0.25) is 22.4 Å². The molecule has 0 fully saturated rings. The van der Waals surface area contributed by atoms with Gasteiger partial charge in [0.15, 0.2) is 0 Å². The van der Waals surface area contributed by atoms with E-state index >= 15 is 0 Å². The van der Waals surface area contributed by atoms with Crippen molar-refractivity contribution in [2.75, 3.05) is 6.61 Å². The summed E-state index contributed by atoms with van der Waals surface area (Å²) in [6.45, 7) is 1.73. The first kappa shape index (κ1) is 19.7. The molecule has 4 aromatic rings. The van der Waals surface area contributed by atoms with Gasteiger partial charge in [0.1, 0.15) is 5.82 Å². The van der Waals surface area contributed by atoms with Crippen molar-refractivity contribution in [1.29, 1.82) is 0 Å². The highest BCUT2D eigenvalue weighted by Crippen LogP contribution is 2.27. The quantitative estimate of drug-likeness (QED) is 0.314. The zero-order chi connectivity index (χ0) is 21.4. The largest absolute Gasteiger partial charge is 0.474 e. The van der Waals surface area contributed by atoms with Crippen molar-refractivity contribution >= 4 is 11.6 Å². The van der Waals surface area contributed by atoms with Gasteiger partial charge in [0.25, 0.3) is 5.88 Å². The van der Waals surface area contributed by atoms with Gasteiger partial charge in [-0.1, -0.05) is 16.8 Å². The summed E-state index contributed by atoms with van der Waals surface area (Å²) in [4.78, 5) is 34.8. The summed E-state index contributed by atoms with van der Waals surface area (Å²) in [5.74, 6) is -1.67. The van der Waals surface area contributed by atoms with Crippen LogP contribution in [-0.4, -0.2) is 26.6 Å². The van der Waals surface area contributed by atoms with Crippen molar-refractivity contribution in [1.82, 2.24) is 20.0 Å². The van der Waals surface area contributed by atoms with E-state index in [-0.39, 0.29) is 34.7 Å². The zero-order valence-electron chi connectivity index (χ0n) is 15.3. The van der Waals surface area contributed by atoms with Crippen LogP contribution in [0.1, 0.15) is 17.5 Å². The molecule has 0 unspecified atom stereocenters. The lowest BCUT2D eigenvalue weighted by Crippen LogP contribution is -2.38. The highest BCUT2D eigenvalue weighted by molar-refractivity contribution is 6.30. The number of aromatic nitrogens is 4. The Morgan fingerprint density at radius 1 is 1.17 bits per heavy atom. The van der Waals surface area contributed by atoms with Crippen LogP contribution in [0.3, 0.4) is 0 Å². The summed E-state index contributed by atoms with van der Waals surface area (Å²) < 4.78 is 29.4. The number of hydrogen-bond donors (Lipinski definition) is 0. The summed E-state index contributed by atoms with van der Waals surface area (Å²) in [7, 11) is 0. The molecule has 30 heavy (non-hydrogen) atoms. The van der Waals surface area contributed by atoms with Crippen LogP contribution in [0.5, 0.6) is 5.88 Å². The zero-order valence-corrected chi connectivity index (χ0v) is 16.1. The molecule has 0 saturated heterocycles. The highest BCUT2D eigenvalue weighted by atomic mass is 35.5. The Labute approximate surface area is 171 Å². The molecule has 0 spiro atoms. The molecule has 0 aliphatic carbocycles. The van der Waals surface area contributed by atoms with Gasteiger partial charge in [0, 0.05) is 11.1 Å². The topological polar surface area (TPSA) is 130 Å². The van der Waals surface area contributed by atoms with Gasteiger partial charge in [-0.25, -0.2) is 18.4 Å². The monoisotopic (exact) mass is 434 g/mol. The molecular weight excluding hydrogens is 423 g/mol. The third-order valence-corrected chi connectivity index (χ3v) is 4.81. The molecule has 2 aromatic heterocycles. The van der Waals surface area contributed by atoms with Crippen molar-refractivity contribution in [2.45, 2.75) is 19.8 Å². The average molecular weight is 435 g/mol. The third kappa shape index (κ3) is 3.32. The van der Waals surface area contributed by atoms with Crippen molar-refractivity contribution in [2.24, 2.45) is 0 Å². The first-order valence-electron chi connectivity index (χ1n) is 8.67. The van der Waals surface area contributed by atoms with Crippen LogP contribution in [0.4, 0.5) is 4.39 Å². The fraction of sp³-hybridized carbons (Fsp3) is 0.222. The maximum absolute atomic E-state index is 13.4. The molecule has 0 aliphatic rings. The molecule has 0 saturated carbocycles. The number of nitrogens with zero attached hydrogens (tertiary/aromatic N) is 4. The Morgan fingerprint density at radius 2 is 1.97 bits per heavy atom. The van der Waals surface area contributed by atoms with Crippen LogP contribution in [0.25, 0.3) is 17.2 Å². The number of benzene rings is 1. The van der Waals surface area contributed by atoms with Gasteiger partial charge in [-0.05, 0) is 48.3 Å². The molecule has 0 bridgehead atoms. The van der Waals surface area contributed by atoms with E-state index in [2.05, 4.69) is 20.1 Å². The Bertz CT molecular complexity index is 1360. The lowest BCUT2D eigenvalue weighted by molar-refractivity contribution is 0.253. The van der Waals surface area contributed by atoms with E-state index in [4.69, 9.17) is 20.9 Å². The van der Waals surface area contributed by atoms with Crippen molar-refractivity contribution in [3.8, 4) is 23.1 Å². The minimum Gasteiger partial charge on any atom is -0.474 e. The van der Waals surface area contributed by atoms with E-state index in [0.717, 1.165) is 10.6 Å². The Balaban J connectivity index is 1.54. The highest BCUT2D eigenvalue weighted by Gasteiger charge is 2.24. The minimum absolute atomic E-state index is 0.0217. The molecule has 0 radical (unpaired) electrons. The summed E-state index contributed by atoms with van der Waals surface area (Å²) >= 11 is 5.79. The van der Waals surface area contributed by atoms with Crippen molar-refractivity contribution in [3.05, 3.63) is 71.2 Å². The number of halogens is 2. The molecule has 2 heterocycles. The van der Waals surface area contributed by atoms with E-state index in [9.17, 15) is 18.8 Å². The Hall–Kier alpha value is -3.60. The third-order valence-electron chi connectivity index (χ3n) is 4.52. The fourth-order valence-corrected chi connectivity index (χ4v) is 3.11. The second-order valence-electron chi connectivity index (χ2n) is 6.34. The van der Waals surface area contributed by atoms with Crippen LogP contribution in [-0.2, 0) is 6.42 Å². The van der Waals surface area contributed by atoms with Crippen LogP contribution >= 0.6 is 11.6 Å². The van der Waals surface area contributed by atoms with E-state index in [1.807, 2.05) is 0 Å². The van der Waals surface area contributed by atoms with E-state index in [1.54, 1.807) is 6.92 Å². The number of rotatable bonds is 7. The van der Waals surface area contributed by atoms with Gasteiger partial charge in [-0.3, -0.25) is 14.1 Å². The molecule has 0 atom stereocenters. The molecule has 4 rings (SSSR count). The second-order valence-corrected chi connectivity index (χ2v) is 6.74.